The van der Waals surface area contributed by atoms with Crippen molar-refractivity contribution in [3.05, 3.63) is 199 Å². The minimum atomic E-state index is 0.475. The molecule has 0 saturated carbocycles. The molecule has 3 heterocycles. The number of nitrogens with zero attached hydrogens (tertiary/aromatic N) is 7. The number of para-hydroxylation sites is 4. The molecule has 0 N–H and O–H groups in total. The second kappa shape index (κ2) is 14.1. The molecule has 0 atom stereocenters. The molecular formula is C53H31N7. The lowest BCUT2D eigenvalue weighted by Gasteiger charge is -2.17. The van der Waals surface area contributed by atoms with Crippen LogP contribution in [0.1, 0.15) is 11.1 Å². The zero-order valence-corrected chi connectivity index (χ0v) is 32.0. The zero-order valence-electron chi connectivity index (χ0n) is 32.0. The van der Waals surface area contributed by atoms with Crippen LogP contribution in [0.25, 0.3) is 100 Å². The van der Waals surface area contributed by atoms with Crippen LogP contribution in [-0.4, -0.2) is 24.1 Å². The Bertz CT molecular complexity index is 3480. The van der Waals surface area contributed by atoms with Gasteiger partial charge < -0.3 is 9.13 Å². The first-order valence-electron chi connectivity index (χ1n) is 19.7. The predicted octanol–water partition coefficient (Wildman–Crippen LogP) is 12.5. The summed E-state index contributed by atoms with van der Waals surface area (Å²) < 4.78 is 4.43. The van der Waals surface area contributed by atoms with E-state index in [1.807, 2.05) is 103 Å². The Kier molecular flexibility index (Phi) is 8.11. The molecule has 0 bridgehead atoms. The molecule has 278 valence electrons. The van der Waals surface area contributed by atoms with Gasteiger partial charge >= 0.3 is 0 Å². The van der Waals surface area contributed by atoms with Crippen LogP contribution in [0.15, 0.2) is 188 Å². The maximum Gasteiger partial charge on any atom is 0.164 e. The van der Waals surface area contributed by atoms with Gasteiger partial charge in [-0.15, -0.1) is 0 Å². The number of aromatic nitrogens is 5. The lowest BCUT2D eigenvalue weighted by Crippen LogP contribution is -2.03. The summed E-state index contributed by atoms with van der Waals surface area (Å²) in [7, 11) is 0. The van der Waals surface area contributed by atoms with Crippen LogP contribution < -0.4 is 0 Å². The standard InChI is InChI=1S/C53H31N7/c54-32-37-16-4-5-17-39(37)44-29-28-36(31-50(44)60-47-24-12-8-20-42(47)43-21-9-13-25-48(43)60)53-57-51(34-14-2-1-3-15-34)56-52(58-53)35-26-27-38(33-55)49(30-35)59-45-22-10-6-18-40(45)41-19-7-11-23-46(41)59/h1-31H. The van der Waals surface area contributed by atoms with Crippen molar-refractivity contribution in [3.63, 3.8) is 0 Å². The maximum atomic E-state index is 10.5. The molecule has 8 aromatic carbocycles. The summed E-state index contributed by atoms with van der Waals surface area (Å²) in [5.74, 6) is 1.49. The smallest absolute Gasteiger partial charge is 0.164 e. The highest BCUT2D eigenvalue weighted by molar-refractivity contribution is 6.10. The number of nitriles is 2. The van der Waals surface area contributed by atoms with Gasteiger partial charge in [0.15, 0.2) is 17.5 Å². The van der Waals surface area contributed by atoms with Crippen molar-refractivity contribution in [1.29, 1.82) is 10.5 Å². The van der Waals surface area contributed by atoms with Crippen LogP contribution in [0.4, 0.5) is 0 Å². The van der Waals surface area contributed by atoms with E-state index in [1.165, 1.54) is 0 Å². The molecule has 0 spiro atoms. The Morgan fingerprint density at radius 3 is 1.28 bits per heavy atom. The average Bonchev–Trinajstić information content (AvgIpc) is 3.84. The highest BCUT2D eigenvalue weighted by Crippen LogP contribution is 2.40. The van der Waals surface area contributed by atoms with Crippen LogP contribution in [0.2, 0.25) is 0 Å². The molecule has 0 aliphatic heterocycles. The predicted molar refractivity (Wildman–Crippen MR) is 240 cm³/mol. The van der Waals surface area contributed by atoms with Gasteiger partial charge in [-0.05, 0) is 54.6 Å². The highest BCUT2D eigenvalue weighted by Gasteiger charge is 2.21. The fourth-order valence-electron chi connectivity index (χ4n) is 8.56. The van der Waals surface area contributed by atoms with Crippen LogP contribution in [0.5, 0.6) is 0 Å². The van der Waals surface area contributed by atoms with E-state index in [4.69, 9.17) is 15.0 Å². The molecular weight excluding hydrogens is 735 g/mol. The molecule has 3 aromatic heterocycles. The van der Waals surface area contributed by atoms with Crippen molar-refractivity contribution in [2.75, 3.05) is 0 Å². The summed E-state index contributed by atoms with van der Waals surface area (Å²) in [5, 5.41) is 25.2. The lowest BCUT2D eigenvalue weighted by molar-refractivity contribution is 1.07. The molecule has 0 saturated heterocycles. The molecule has 0 aliphatic rings. The third-order valence-corrected chi connectivity index (χ3v) is 11.3. The Labute approximate surface area is 345 Å². The van der Waals surface area contributed by atoms with Crippen molar-refractivity contribution in [2.24, 2.45) is 0 Å². The third-order valence-electron chi connectivity index (χ3n) is 11.3. The van der Waals surface area contributed by atoms with Crippen molar-refractivity contribution in [3.8, 4) is 68.8 Å². The van der Waals surface area contributed by atoms with Crippen molar-refractivity contribution < 1.29 is 0 Å². The van der Waals surface area contributed by atoms with Crippen LogP contribution in [0, 0.1) is 22.7 Å². The van der Waals surface area contributed by atoms with Gasteiger partial charge in [0.2, 0.25) is 0 Å². The summed E-state index contributed by atoms with van der Waals surface area (Å²) in [4.78, 5) is 15.4. The molecule has 0 fully saturated rings. The third kappa shape index (κ3) is 5.54. The number of hydrogen-bond acceptors (Lipinski definition) is 5. The van der Waals surface area contributed by atoms with Crippen LogP contribution in [0.3, 0.4) is 0 Å². The Hall–Kier alpha value is -8.65. The SMILES string of the molecule is N#Cc1ccccc1-c1ccc(-c2nc(-c3ccccc3)nc(-c3ccc(C#N)c(-n4c5ccccc5c5ccccc54)c3)n2)cc1-n1c2ccccc2c2ccccc21. The number of benzene rings is 8. The van der Waals surface area contributed by atoms with Gasteiger partial charge in [-0.2, -0.15) is 10.5 Å². The fourth-order valence-corrected chi connectivity index (χ4v) is 8.56. The van der Waals surface area contributed by atoms with E-state index in [1.54, 1.807) is 0 Å². The van der Waals surface area contributed by atoms with Gasteiger partial charge in [0, 0.05) is 49.4 Å². The van der Waals surface area contributed by atoms with Crippen LogP contribution in [-0.2, 0) is 0 Å². The minimum Gasteiger partial charge on any atom is -0.309 e. The van der Waals surface area contributed by atoms with E-state index in [0.717, 1.165) is 82.8 Å². The highest BCUT2D eigenvalue weighted by atomic mass is 15.0. The average molecular weight is 766 g/mol. The molecule has 0 aliphatic carbocycles. The largest absolute Gasteiger partial charge is 0.309 e. The van der Waals surface area contributed by atoms with E-state index >= 15 is 0 Å². The topological polar surface area (TPSA) is 96.1 Å². The summed E-state index contributed by atoms with van der Waals surface area (Å²) in [5.41, 5.74) is 11.0. The monoisotopic (exact) mass is 765 g/mol. The first-order valence-corrected chi connectivity index (χ1v) is 19.7. The maximum absolute atomic E-state index is 10.5. The molecule has 7 nitrogen and oxygen atoms in total. The summed E-state index contributed by atoms with van der Waals surface area (Å²) in [6.45, 7) is 0. The van der Waals surface area contributed by atoms with Gasteiger partial charge in [0.1, 0.15) is 6.07 Å². The number of hydrogen-bond donors (Lipinski definition) is 0. The number of rotatable bonds is 6. The molecule has 60 heavy (non-hydrogen) atoms. The number of fused-ring (bicyclic) bond motifs is 6. The first-order chi connectivity index (χ1) is 29.7. The second-order valence-electron chi connectivity index (χ2n) is 14.6. The van der Waals surface area contributed by atoms with Crippen molar-refractivity contribution in [1.82, 2.24) is 24.1 Å². The summed E-state index contributed by atoms with van der Waals surface area (Å²) in [6.07, 6.45) is 0. The molecule has 11 aromatic rings. The molecule has 7 heteroatoms. The van der Waals surface area contributed by atoms with E-state index < -0.39 is 0 Å². The van der Waals surface area contributed by atoms with Gasteiger partial charge in [0.05, 0.1) is 50.6 Å². The van der Waals surface area contributed by atoms with Crippen molar-refractivity contribution >= 4 is 43.6 Å². The van der Waals surface area contributed by atoms with E-state index in [2.05, 4.69) is 106 Å². The molecule has 0 radical (unpaired) electrons. The normalized spacial score (nSPS) is 11.3. The lowest BCUT2D eigenvalue weighted by atomic mass is 9.96. The Morgan fingerprint density at radius 1 is 0.333 bits per heavy atom. The van der Waals surface area contributed by atoms with Gasteiger partial charge in [0.25, 0.3) is 0 Å². The first kappa shape index (κ1) is 34.6. The van der Waals surface area contributed by atoms with Gasteiger partial charge in [-0.25, -0.2) is 15.0 Å². The van der Waals surface area contributed by atoms with Gasteiger partial charge in [-0.1, -0.05) is 133 Å². The quantitative estimate of drug-likeness (QED) is 0.168. The fraction of sp³-hybridized carbons (Fsp3) is 0. The summed E-state index contributed by atoms with van der Waals surface area (Å²) in [6, 6.07) is 67.8. The molecule has 0 amide bonds. The summed E-state index contributed by atoms with van der Waals surface area (Å²) >= 11 is 0. The van der Waals surface area contributed by atoms with E-state index in [-0.39, 0.29) is 0 Å². The second-order valence-corrected chi connectivity index (χ2v) is 14.6. The molecule has 0 unspecified atom stereocenters. The van der Waals surface area contributed by atoms with E-state index in [9.17, 15) is 10.5 Å². The zero-order chi connectivity index (χ0) is 40.2. The van der Waals surface area contributed by atoms with Crippen molar-refractivity contribution in [2.45, 2.75) is 0 Å². The van der Waals surface area contributed by atoms with Gasteiger partial charge in [-0.3, -0.25) is 0 Å². The Morgan fingerprint density at radius 2 is 0.750 bits per heavy atom. The van der Waals surface area contributed by atoms with Crippen LogP contribution >= 0.6 is 0 Å². The minimum absolute atomic E-state index is 0.475. The Balaban J connectivity index is 1.16. The molecule has 11 rings (SSSR count). The van der Waals surface area contributed by atoms with E-state index in [0.29, 0.717) is 28.6 Å².